The van der Waals surface area contributed by atoms with Gasteiger partial charge in [-0.2, -0.15) is 5.26 Å². The molecule has 4 heteroatoms. The van der Waals surface area contributed by atoms with Gasteiger partial charge in [-0.1, -0.05) is 0 Å². The largest absolute Gasteiger partial charge is 0.507 e. The Balaban J connectivity index is 2.62. The van der Waals surface area contributed by atoms with E-state index in [1.165, 1.54) is 6.07 Å². The van der Waals surface area contributed by atoms with Crippen molar-refractivity contribution in [2.75, 3.05) is 0 Å². The molecule has 2 N–H and O–H groups in total. The molecule has 0 heterocycles. The van der Waals surface area contributed by atoms with Crippen molar-refractivity contribution in [3.63, 3.8) is 0 Å². The number of phenols is 2. The second-order valence-electron chi connectivity index (χ2n) is 3.84. The molecule has 1 aromatic rings. The van der Waals surface area contributed by atoms with Gasteiger partial charge in [0.1, 0.15) is 5.75 Å². The minimum absolute atomic E-state index is 0.0590. The van der Waals surface area contributed by atoms with E-state index in [4.69, 9.17) is 5.26 Å². The molecule has 1 fully saturated rings. The van der Waals surface area contributed by atoms with E-state index in [1.807, 2.05) is 6.07 Å². The molecule has 2 rings (SSSR count). The Hall–Kier alpha value is -1.76. The van der Waals surface area contributed by atoms with Crippen LogP contribution in [0.15, 0.2) is 12.1 Å². The van der Waals surface area contributed by atoms with Crippen molar-refractivity contribution in [3.8, 4) is 17.6 Å². The summed E-state index contributed by atoms with van der Waals surface area (Å²) in [6, 6.07) is 4.32. The summed E-state index contributed by atoms with van der Waals surface area (Å²) in [5, 5.41) is 27.8. The fourth-order valence-electron chi connectivity index (χ4n) is 1.96. The Morgan fingerprint density at radius 1 is 1.27 bits per heavy atom. The van der Waals surface area contributed by atoms with E-state index in [2.05, 4.69) is 0 Å². The molecule has 1 saturated carbocycles. The van der Waals surface area contributed by atoms with Crippen LogP contribution in [-0.2, 0) is 5.41 Å². The lowest BCUT2D eigenvalue weighted by atomic mass is 9.65. The lowest BCUT2D eigenvalue weighted by Crippen LogP contribution is -2.33. The minimum Gasteiger partial charge on any atom is -0.507 e. The molecule has 1 aliphatic carbocycles. The maximum Gasteiger partial charge on any atom is 0.173 e. The van der Waals surface area contributed by atoms with Gasteiger partial charge in [-0.15, -0.1) is 0 Å². The Morgan fingerprint density at radius 2 is 1.87 bits per heavy atom. The van der Waals surface area contributed by atoms with Gasteiger partial charge in [0.15, 0.2) is 11.6 Å². The highest BCUT2D eigenvalue weighted by molar-refractivity contribution is 5.49. The van der Waals surface area contributed by atoms with Crippen LogP contribution in [0.25, 0.3) is 0 Å². The molecule has 1 aliphatic rings. The standard InChI is InChI=1S/C11H10FNO2/c12-10-8(15)3-2-7(14)9(10)11(6-13)4-1-5-11/h2-3,14-15H,1,4-5H2. The van der Waals surface area contributed by atoms with Gasteiger partial charge < -0.3 is 10.2 Å². The number of aromatic hydroxyl groups is 2. The molecule has 0 bridgehead atoms. The van der Waals surface area contributed by atoms with Gasteiger partial charge in [0.05, 0.1) is 17.0 Å². The zero-order valence-electron chi connectivity index (χ0n) is 8.00. The Labute approximate surface area is 86.4 Å². The van der Waals surface area contributed by atoms with Crippen molar-refractivity contribution in [1.29, 1.82) is 5.26 Å². The smallest absolute Gasteiger partial charge is 0.173 e. The first-order valence-corrected chi connectivity index (χ1v) is 4.73. The monoisotopic (exact) mass is 207 g/mol. The van der Waals surface area contributed by atoms with E-state index in [1.54, 1.807) is 0 Å². The highest BCUT2D eigenvalue weighted by Crippen LogP contribution is 2.48. The van der Waals surface area contributed by atoms with E-state index in [0.29, 0.717) is 12.8 Å². The van der Waals surface area contributed by atoms with Gasteiger partial charge in [0, 0.05) is 0 Å². The van der Waals surface area contributed by atoms with Crippen LogP contribution in [0.5, 0.6) is 11.5 Å². The first-order chi connectivity index (χ1) is 7.10. The fourth-order valence-corrected chi connectivity index (χ4v) is 1.96. The van der Waals surface area contributed by atoms with Gasteiger partial charge >= 0.3 is 0 Å². The first-order valence-electron chi connectivity index (χ1n) is 4.73. The van der Waals surface area contributed by atoms with Crippen LogP contribution in [0.3, 0.4) is 0 Å². The summed E-state index contributed by atoms with van der Waals surface area (Å²) in [5.74, 6) is -1.66. The first kappa shape index (κ1) is 9.78. The summed E-state index contributed by atoms with van der Waals surface area (Å²) in [4.78, 5) is 0. The van der Waals surface area contributed by atoms with Crippen LogP contribution in [0.1, 0.15) is 24.8 Å². The highest BCUT2D eigenvalue weighted by Gasteiger charge is 2.43. The third-order valence-corrected chi connectivity index (χ3v) is 3.00. The number of hydrogen-bond acceptors (Lipinski definition) is 3. The zero-order chi connectivity index (χ0) is 11.1. The summed E-state index contributed by atoms with van der Waals surface area (Å²) >= 11 is 0. The Morgan fingerprint density at radius 3 is 2.33 bits per heavy atom. The van der Waals surface area contributed by atoms with E-state index in [-0.39, 0.29) is 11.3 Å². The zero-order valence-corrected chi connectivity index (χ0v) is 8.00. The van der Waals surface area contributed by atoms with Gasteiger partial charge in [-0.05, 0) is 31.4 Å². The van der Waals surface area contributed by atoms with Crippen LogP contribution >= 0.6 is 0 Å². The molecule has 0 atom stereocenters. The Kier molecular flexibility index (Phi) is 2.04. The highest BCUT2D eigenvalue weighted by atomic mass is 19.1. The molecule has 15 heavy (non-hydrogen) atoms. The predicted octanol–water partition coefficient (Wildman–Crippen LogP) is 2.18. The minimum atomic E-state index is -0.951. The number of rotatable bonds is 1. The molecule has 0 radical (unpaired) electrons. The molecule has 0 amide bonds. The quantitative estimate of drug-likeness (QED) is 0.693. The maximum absolute atomic E-state index is 13.6. The van der Waals surface area contributed by atoms with Gasteiger partial charge in [-0.25, -0.2) is 4.39 Å². The maximum atomic E-state index is 13.6. The molecule has 0 aromatic heterocycles. The summed E-state index contributed by atoms with van der Waals surface area (Å²) in [6.07, 6.45) is 1.89. The molecule has 0 aliphatic heterocycles. The molecule has 3 nitrogen and oxygen atoms in total. The summed E-state index contributed by atoms with van der Waals surface area (Å²) in [6.45, 7) is 0. The van der Waals surface area contributed by atoms with Gasteiger partial charge in [-0.3, -0.25) is 0 Å². The topological polar surface area (TPSA) is 64.2 Å². The van der Waals surface area contributed by atoms with Crippen LogP contribution in [0.2, 0.25) is 0 Å². The fraction of sp³-hybridized carbons (Fsp3) is 0.364. The molecule has 1 aromatic carbocycles. The van der Waals surface area contributed by atoms with Gasteiger partial charge in [0.25, 0.3) is 0 Å². The summed E-state index contributed by atoms with van der Waals surface area (Å²) in [5.41, 5.74) is -1.01. The number of benzene rings is 1. The molecule has 0 spiro atoms. The van der Waals surface area contributed by atoms with Crippen molar-refractivity contribution >= 4 is 0 Å². The van der Waals surface area contributed by atoms with Crippen molar-refractivity contribution in [3.05, 3.63) is 23.5 Å². The molecular formula is C11H10FNO2. The van der Waals surface area contributed by atoms with Crippen LogP contribution < -0.4 is 0 Å². The van der Waals surface area contributed by atoms with Crippen molar-refractivity contribution in [2.24, 2.45) is 0 Å². The lowest BCUT2D eigenvalue weighted by molar-refractivity contribution is 0.294. The number of halogens is 1. The van der Waals surface area contributed by atoms with Crippen LogP contribution in [0, 0.1) is 17.1 Å². The van der Waals surface area contributed by atoms with E-state index in [9.17, 15) is 14.6 Å². The lowest BCUT2D eigenvalue weighted by Gasteiger charge is -2.36. The van der Waals surface area contributed by atoms with Crippen LogP contribution in [-0.4, -0.2) is 10.2 Å². The Bertz CT molecular complexity index is 447. The summed E-state index contributed by atoms with van der Waals surface area (Å²) < 4.78 is 13.6. The normalized spacial score (nSPS) is 17.9. The molecular weight excluding hydrogens is 197 g/mol. The number of nitriles is 1. The SMILES string of the molecule is N#CC1(c2c(O)ccc(O)c2F)CCC1. The number of hydrogen-bond donors (Lipinski definition) is 2. The third kappa shape index (κ3) is 1.23. The molecule has 0 saturated heterocycles. The van der Waals surface area contributed by atoms with Crippen molar-refractivity contribution in [2.45, 2.75) is 24.7 Å². The molecule has 0 unspecified atom stereocenters. The summed E-state index contributed by atoms with van der Waals surface area (Å²) in [7, 11) is 0. The van der Waals surface area contributed by atoms with Crippen LogP contribution in [0.4, 0.5) is 4.39 Å². The second kappa shape index (κ2) is 3.13. The third-order valence-electron chi connectivity index (χ3n) is 3.00. The number of nitrogens with zero attached hydrogens (tertiary/aromatic N) is 1. The van der Waals surface area contributed by atoms with Crippen molar-refractivity contribution < 1.29 is 14.6 Å². The molecule has 78 valence electrons. The predicted molar refractivity (Wildman–Crippen MR) is 50.9 cm³/mol. The average molecular weight is 207 g/mol. The van der Waals surface area contributed by atoms with Crippen molar-refractivity contribution in [1.82, 2.24) is 0 Å². The second-order valence-corrected chi connectivity index (χ2v) is 3.84. The van der Waals surface area contributed by atoms with E-state index in [0.717, 1.165) is 12.5 Å². The average Bonchev–Trinajstić information content (AvgIpc) is 2.16. The number of phenolic OH excluding ortho intramolecular Hbond substituents is 2. The van der Waals surface area contributed by atoms with E-state index < -0.39 is 17.0 Å². The van der Waals surface area contributed by atoms with E-state index >= 15 is 0 Å². The van der Waals surface area contributed by atoms with Gasteiger partial charge in [0.2, 0.25) is 0 Å².